The molecule has 0 aliphatic rings. The molecule has 1 aromatic rings. The summed E-state index contributed by atoms with van der Waals surface area (Å²) in [6.07, 6.45) is 4.47. The molecule has 1 heterocycles. The second kappa shape index (κ2) is 4.80. The van der Waals surface area contributed by atoms with Gasteiger partial charge in [0.05, 0.1) is 6.26 Å². The fourth-order valence-electron chi connectivity index (χ4n) is 0.917. The van der Waals surface area contributed by atoms with Crippen LogP contribution in [-0.2, 0) is 9.59 Å². The molecule has 2 N–H and O–H groups in total. The van der Waals surface area contributed by atoms with Crippen LogP contribution in [-0.4, -0.2) is 22.2 Å². The largest absolute Gasteiger partial charge is 0.478 e. The highest BCUT2D eigenvalue weighted by Gasteiger charge is 2.11. The van der Waals surface area contributed by atoms with E-state index in [1.54, 1.807) is 6.07 Å². The van der Waals surface area contributed by atoms with Gasteiger partial charge in [0.2, 0.25) is 0 Å². The summed E-state index contributed by atoms with van der Waals surface area (Å²) in [5.41, 5.74) is -0.0995. The molecule has 5 heteroatoms. The zero-order valence-corrected chi connectivity index (χ0v) is 7.58. The zero-order chi connectivity index (χ0) is 11.3. The quantitative estimate of drug-likeness (QED) is 0.576. The van der Waals surface area contributed by atoms with E-state index >= 15 is 0 Å². The Hall–Kier alpha value is -2.30. The molecule has 1 rings (SSSR count). The minimum absolute atomic E-state index is 0.0995. The van der Waals surface area contributed by atoms with Crippen molar-refractivity contribution >= 4 is 17.5 Å². The van der Waals surface area contributed by atoms with E-state index in [1.807, 2.05) is 0 Å². The molecule has 0 aliphatic heterocycles. The van der Waals surface area contributed by atoms with Crippen molar-refractivity contribution in [2.75, 3.05) is 0 Å². The molecular formula is C10H8O5. The third-order valence-corrected chi connectivity index (χ3v) is 1.52. The van der Waals surface area contributed by atoms with Crippen LogP contribution >= 0.6 is 0 Å². The van der Waals surface area contributed by atoms with E-state index in [4.69, 9.17) is 14.6 Å². The molecule has 0 saturated heterocycles. The molecule has 0 spiro atoms. The fraction of sp³-hybridized carbons (Fsp3) is 0. The van der Waals surface area contributed by atoms with E-state index in [1.165, 1.54) is 12.3 Å². The van der Waals surface area contributed by atoms with Crippen molar-refractivity contribution in [3.63, 3.8) is 0 Å². The Bertz CT molecular complexity index is 411. The van der Waals surface area contributed by atoms with Crippen molar-refractivity contribution in [2.45, 2.75) is 0 Å². The van der Waals surface area contributed by atoms with E-state index in [2.05, 4.69) is 0 Å². The van der Waals surface area contributed by atoms with Crippen molar-refractivity contribution in [1.82, 2.24) is 0 Å². The number of allylic oxidation sites excluding steroid dienone is 2. The molecule has 0 radical (unpaired) electrons. The number of carboxylic acid groups (broad SMARTS) is 2. The highest BCUT2D eigenvalue weighted by atomic mass is 16.4. The second-order valence-corrected chi connectivity index (χ2v) is 2.56. The van der Waals surface area contributed by atoms with Gasteiger partial charge in [-0.2, -0.15) is 0 Å². The average molecular weight is 208 g/mol. The zero-order valence-electron chi connectivity index (χ0n) is 7.58. The van der Waals surface area contributed by atoms with Gasteiger partial charge < -0.3 is 14.6 Å². The third kappa shape index (κ3) is 3.15. The van der Waals surface area contributed by atoms with Crippen LogP contribution in [0, 0.1) is 0 Å². The van der Waals surface area contributed by atoms with Crippen LogP contribution in [0.1, 0.15) is 5.76 Å². The minimum atomic E-state index is -1.18. The van der Waals surface area contributed by atoms with Crippen LogP contribution in [0.25, 0.3) is 5.57 Å². The standard InChI is InChI=1S/C10H8O5/c11-9(12)5-1-3-7(10(13)14)8-4-2-6-15-8/h1-6H,(H,11,12)(H,13,14). The molecule has 0 unspecified atom stereocenters. The smallest absolute Gasteiger partial charge is 0.339 e. The van der Waals surface area contributed by atoms with Crippen molar-refractivity contribution in [1.29, 1.82) is 0 Å². The van der Waals surface area contributed by atoms with Crippen LogP contribution in [0.3, 0.4) is 0 Å². The molecule has 15 heavy (non-hydrogen) atoms. The summed E-state index contributed by atoms with van der Waals surface area (Å²) in [4.78, 5) is 20.9. The normalized spacial score (nSPS) is 11.9. The fourth-order valence-corrected chi connectivity index (χ4v) is 0.917. The van der Waals surface area contributed by atoms with Crippen molar-refractivity contribution in [3.8, 4) is 0 Å². The highest BCUT2D eigenvalue weighted by molar-refractivity contribution is 6.14. The van der Waals surface area contributed by atoms with E-state index in [0.717, 1.165) is 18.2 Å². The summed E-state index contributed by atoms with van der Waals surface area (Å²) in [6.45, 7) is 0. The van der Waals surface area contributed by atoms with Crippen LogP contribution < -0.4 is 0 Å². The van der Waals surface area contributed by atoms with Gasteiger partial charge in [0.25, 0.3) is 0 Å². The van der Waals surface area contributed by atoms with Gasteiger partial charge in [0.1, 0.15) is 11.3 Å². The van der Waals surface area contributed by atoms with Gasteiger partial charge in [0.15, 0.2) is 0 Å². The number of hydrogen-bond acceptors (Lipinski definition) is 3. The number of rotatable bonds is 4. The van der Waals surface area contributed by atoms with E-state index in [0.29, 0.717) is 0 Å². The predicted molar refractivity (Wildman–Crippen MR) is 51.1 cm³/mol. The predicted octanol–water partition coefficient (Wildman–Crippen LogP) is 1.39. The van der Waals surface area contributed by atoms with Gasteiger partial charge in [0, 0.05) is 6.08 Å². The molecular weight excluding hydrogens is 200 g/mol. The lowest BCUT2D eigenvalue weighted by Gasteiger charge is -1.94. The maximum atomic E-state index is 10.8. The summed E-state index contributed by atoms with van der Waals surface area (Å²) >= 11 is 0. The van der Waals surface area contributed by atoms with Gasteiger partial charge in [-0.1, -0.05) is 6.08 Å². The Morgan fingerprint density at radius 1 is 1.33 bits per heavy atom. The lowest BCUT2D eigenvalue weighted by Crippen LogP contribution is -1.98. The Labute approximate surface area is 84.9 Å². The Kier molecular flexibility index (Phi) is 3.45. The van der Waals surface area contributed by atoms with Gasteiger partial charge in [-0.25, -0.2) is 9.59 Å². The van der Waals surface area contributed by atoms with Gasteiger partial charge >= 0.3 is 11.9 Å². The lowest BCUT2D eigenvalue weighted by molar-refractivity contribution is -0.132. The molecule has 0 atom stereocenters. The topological polar surface area (TPSA) is 87.7 Å². The average Bonchev–Trinajstić information content (AvgIpc) is 2.63. The Balaban J connectivity index is 2.94. The van der Waals surface area contributed by atoms with E-state index < -0.39 is 11.9 Å². The summed E-state index contributed by atoms with van der Waals surface area (Å²) in [5, 5.41) is 17.1. The molecule has 0 fully saturated rings. The number of carbonyl (C=O) groups is 2. The number of aliphatic carboxylic acids is 2. The summed E-state index contributed by atoms with van der Waals surface area (Å²) in [5.74, 6) is -2.15. The first-order valence-electron chi connectivity index (χ1n) is 3.99. The van der Waals surface area contributed by atoms with Crippen LogP contribution in [0.2, 0.25) is 0 Å². The molecule has 0 amide bonds. The number of hydrogen-bond donors (Lipinski definition) is 2. The molecule has 0 aromatic carbocycles. The molecule has 1 aromatic heterocycles. The first-order chi connectivity index (χ1) is 7.11. The van der Waals surface area contributed by atoms with Crippen molar-refractivity contribution in [3.05, 3.63) is 42.4 Å². The van der Waals surface area contributed by atoms with Gasteiger partial charge in [-0.3, -0.25) is 0 Å². The van der Waals surface area contributed by atoms with Gasteiger partial charge in [-0.15, -0.1) is 0 Å². The molecule has 0 saturated carbocycles. The van der Waals surface area contributed by atoms with Crippen molar-refractivity contribution < 1.29 is 24.2 Å². The molecule has 78 valence electrons. The monoisotopic (exact) mass is 208 g/mol. The first kappa shape index (κ1) is 10.8. The maximum Gasteiger partial charge on any atom is 0.339 e. The molecule has 0 bridgehead atoms. The number of carboxylic acids is 2. The SMILES string of the molecule is O=C(O)C=CC=C(C(=O)O)c1ccco1. The van der Waals surface area contributed by atoms with E-state index in [-0.39, 0.29) is 11.3 Å². The number of furan rings is 1. The van der Waals surface area contributed by atoms with Crippen LogP contribution in [0.15, 0.2) is 41.0 Å². The molecule has 5 nitrogen and oxygen atoms in total. The third-order valence-electron chi connectivity index (χ3n) is 1.52. The summed E-state index contributed by atoms with van der Waals surface area (Å²) in [7, 11) is 0. The minimum Gasteiger partial charge on any atom is -0.478 e. The summed E-state index contributed by atoms with van der Waals surface area (Å²) < 4.78 is 4.88. The lowest BCUT2D eigenvalue weighted by atomic mass is 10.2. The van der Waals surface area contributed by atoms with E-state index in [9.17, 15) is 9.59 Å². The second-order valence-electron chi connectivity index (χ2n) is 2.56. The van der Waals surface area contributed by atoms with Gasteiger partial charge in [-0.05, 0) is 18.2 Å². The van der Waals surface area contributed by atoms with Crippen LogP contribution in [0.4, 0.5) is 0 Å². The Morgan fingerprint density at radius 2 is 2.07 bits per heavy atom. The first-order valence-corrected chi connectivity index (χ1v) is 3.99. The van der Waals surface area contributed by atoms with Crippen molar-refractivity contribution in [2.24, 2.45) is 0 Å². The highest BCUT2D eigenvalue weighted by Crippen LogP contribution is 2.14. The summed E-state index contributed by atoms with van der Waals surface area (Å²) in [6, 6.07) is 3.03. The Morgan fingerprint density at radius 3 is 2.53 bits per heavy atom. The maximum absolute atomic E-state index is 10.8. The van der Waals surface area contributed by atoms with Crippen LogP contribution in [0.5, 0.6) is 0 Å². The molecule has 0 aliphatic carbocycles.